The van der Waals surface area contributed by atoms with Crippen LogP contribution in [-0.2, 0) is 12.8 Å². The van der Waals surface area contributed by atoms with E-state index < -0.39 is 0 Å². The fourth-order valence-electron chi connectivity index (χ4n) is 2.19. The van der Waals surface area contributed by atoms with Crippen LogP contribution in [0.15, 0.2) is 18.2 Å². The number of rotatable bonds is 5. The normalized spacial score (nSPS) is 14.3. The van der Waals surface area contributed by atoms with E-state index in [1.54, 1.807) is 0 Å². The summed E-state index contributed by atoms with van der Waals surface area (Å²) >= 11 is 0. The van der Waals surface area contributed by atoms with Crippen LogP contribution >= 0.6 is 0 Å². The van der Waals surface area contributed by atoms with Gasteiger partial charge in [-0.2, -0.15) is 0 Å². The lowest BCUT2D eigenvalue weighted by atomic mass is 10.00. The van der Waals surface area contributed by atoms with Crippen LogP contribution < -0.4 is 4.74 Å². The van der Waals surface area contributed by atoms with Gasteiger partial charge in [-0.15, -0.1) is 0 Å². The summed E-state index contributed by atoms with van der Waals surface area (Å²) in [7, 11) is 0. The fraction of sp³-hybridized carbons (Fsp3) is 0.571. The Morgan fingerprint density at radius 3 is 3.00 bits per heavy atom. The zero-order chi connectivity index (χ0) is 11.2. The van der Waals surface area contributed by atoms with E-state index in [9.17, 15) is 0 Å². The van der Waals surface area contributed by atoms with Crippen LogP contribution in [0.2, 0.25) is 0 Å². The summed E-state index contributed by atoms with van der Waals surface area (Å²) < 4.78 is 5.59. The van der Waals surface area contributed by atoms with Gasteiger partial charge in [-0.25, -0.2) is 0 Å². The molecule has 0 spiro atoms. The molecule has 1 aromatic carbocycles. The molecule has 0 saturated carbocycles. The lowest BCUT2D eigenvalue weighted by Gasteiger charge is -2.17. The van der Waals surface area contributed by atoms with Crippen molar-refractivity contribution in [1.82, 2.24) is 0 Å². The van der Waals surface area contributed by atoms with Crippen molar-refractivity contribution in [3.8, 4) is 5.75 Å². The molecule has 88 valence electrons. The van der Waals surface area contributed by atoms with Crippen LogP contribution in [0.4, 0.5) is 0 Å². The topological polar surface area (TPSA) is 29.5 Å². The Labute approximate surface area is 97.3 Å². The first-order valence-corrected chi connectivity index (χ1v) is 6.25. The summed E-state index contributed by atoms with van der Waals surface area (Å²) in [5, 5.41) is 8.71. The van der Waals surface area contributed by atoms with Crippen molar-refractivity contribution < 1.29 is 9.84 Å². The van der Waals surface area contributed by atoms with Crippen LogP contribution in [0.5, 0.6) is 5.75 Å². The lowest BCUT2D eigenvalue weighted by Crippen LogP contribution is -2.08. The molecule has 0 aromatic heterocycles. The lowest BCUT2D eigenvalue weighted by molar-refractivity contribution is 0.283. The van der Waals surface area contributed by atoms with Gasteiger partial charge in [-0.3, -0.25) is 0 Å². The van der Waals surface area contributed by atoms with E-state index >= 15 is 0 Å². The number of hydrogen-bond acceptors (Lipinski definition) is 2. The Kier molecular flexibility index (Phi) is 4.23. The molecule has 1 aromatic rings. The quantitative estimate of drug-likeness (QED) is 0.773. The standard InChI is InChI=1S/C14H20O2/c15-9-3-1-2-5-12-7-8-14-13(11-12)6-4-10-16-14/h7-8,11,15H,1-6,9-10H2. The first-order chi connectivity index (χ1) is 7.90. The predicted octanol–water partition coefficient (Wildman–Crippen LogP) is 2.72. The van der Waals surface area contributed by atoms with Gasteiger partial charge in [-0.1, -0.05) is 18.6 Å². The Hall–Kier alpha value is -1.02. The maximum Gasteiger partial charge on any atom is 0.122 e. The van der Waals surface area contributed by atoms with Gasteiger partial charge in [0.1, 0.15) is 5.75 Å². The van der Waals surface area contributed by atoms with Gasteiger partial charge in [-0.05, 0) is 49.3 Å². The second-order valence-corrected chi connectivity index (χ2v) is 4.43. The monoisotopic (exact) mass is 220 g/mol. The van der Waals surface area contributed by atoms with Crippen molar-refractivity contribution >= 4 is 0 Å². The molecule has 16 heavy (non-hydrogen) atoms. The molecule has 2 heteroatoms. The van der Waals surface area contributed by atoms with Gasteiger partial charge in [0, 0.05) is 6.61 Å². The molecule has 0 amide bonds. The second kappa shape index (κ2) is 5.90. The second-order valence-electron chi connectivity index (χ2n) is 4.43. The summed E-state index contributed by atoms with van der Waals surface area (Å²) in [6.07, 6.45) is 6.62. The third kappa shape index (κ3) is 2.99. The molecule has 0 bridgehead atoms. The van der Waals surface area contributed by atoms with Crippen molar-refractivity contribution in [2.75, 3.05) is 13.2 Å². The number of hydrogen-bond donors (Lipinski definition) is 1. The van der Waals surface area contributed by atoms with E-state index in [-0.39, 0.29) is 0 Å². The zero-order valence-electron chi connectivity index (χ0n) is 9.74. The molecule has 0 atom stereocenters. The Morgan fingerprint density at radius 2 is 2.12 bits per heavy atom. The minimum atomic E-state index is 0.317. The van der Waals surface area contributed by atoms with Crippen LogP contribution in [0.3, 0.4) is 0 Å². The van der Waals surface area contributed by atoms with Gasteiger partial charge < -0.3 is 9.84 Å². The van der Waals surface area contributed by atoms with E-state index in [1.807, 2.05) is 0 Å². The molecule has 1 aliphatic rings. The molecule has 1 heterocycles. The van der Waals surface area contributed by atoms with Gasteiger partial charge in [0.05, 0.1) is 6.61 Å². The molecule has 0 fully saturated rings. The molecular formula is C14H20O2. The predicted molar refractivity (Wildman–Crippen MR) is 64.9 cm³/mol. The van der Waals surface area contributed by atoms with Crippen LogP contribution in [0.1, 0.15) is 36.8 Å². The average molecular weight is 220 g/mol. The van der Waals surface area contributed by atoms with Crippen molar-refractivity contribution in [3.63, 3.8) is 0 Å². The number of aryl methyl sites for hydroxylation is 2. The zero-order valence-corrected chi connectivity index (χ0v) is 9.74. The van der Waals surface area contributed by atoms with Crippen molar-refractivity contribution in [3.05, 3.63) is 29.3 Å². The number of aliphatic hydroxyl groups excluding tert-OH is 1. The molecule has 0 unspecified atom stereocenters. The Balaban J connectivity index is 1.90. The number of aliphatic hydroxyl groups is 1. The highest BCUT2D eigenvalue weighted by Crippen LogP contribution is 2.26. The minimum absolute atomic E-state index is 0.317. The van der Waals surface area contributed by atoms with Crippen molar-refractivity contribution in [2.45, 2.75) is 38.5 Å². The third-order valence-electron chi connectivity index (χ3n) is 3.10. The number of fused-ring (bicyclic) bond motifs is 1. The molecule has 1 N–H and O–H groups in total. The van der Waals surface area contributed by atoms with Gasteiger partial charge >= 0.3 is 0 Å². The highest BCUT2D eigenvalue weighted by Gasteiger charge is 2.09. The van der Waals surface area contributed by atoms with Gasteiger partial charge in [0.2, 0.25) is 0 Å². The van der Waals surface area contributed by atoms with Crippen LogP contribution in [-0.4, -0.2) is 18.3 Å². The molecule has 2 nitrogen and oxygen atoms in total. The Morgan fingerprint density at radius 1 is 1.19 bits per heavy atom. The molecule has 2 rings (SSSR count). The van der Waals surface area contributed by atoms with E-state index in [1.165, 1.54) is 17.5 Å². The smallest absolute Gasteiger partial charge is 0.122 e. The van der Waals surface area contributed by atoms with Crippen molar-refractivity contribution in [1.29, 1.82) is 0 Å². The maximum absolute atomic E-state index is 8.71. The molecular weight excluding hydrogens is 200 g/mol. The fourth-order valence-corrected chi connectivity index (χ4v) is 2.19. The van der Waals surface area contributed by atoms with E-state index in [0.717, 1.165) is 44.5 Å². The van der Waals surface area contributed by atoms with Crippen molar-refractivity contribution in [2.24, 2.45) is 0 Å². The summed E-state index contributed by atoms with van der Waals surface area (Å²) in [5.74, 6) is 1.07. The highest BCUT2D eigenvalue weighted by molar-refractivity contribution is 5.38. The summed E-state index contributed by atoms with van der Waals surface area (Å²) in [5.41, 5.74) is 2.77. The Bertz CT molecular complexity index is 334. The molecule has 1 aliphatic heterocycles. The van der Waals surface area contributed by atoms with Gasteiger partial charge in [0.25, 0.3) is 0 Å². The number of ether oxygens (including phenoxy) is 1. The van der Waals surface area contributed by atoms with Crippen LogP contribution in [0, 0.1) is 0 Å². The average Bonchev–Trinajstić information content (AvgIpc) is 2.34. The van der Waals surface area contributed by atoms with Crippen LogP contribution in [0.25, 0.3) is 0 Å². The van der Waals surface area contributed by atoms with E-state index in [4.69, 9.17) is 9.84 Å². The van der Waals surface area contributed by atoms with E-state index in [2.05, 4.69) is 18.2 Å². The molecule has 0 radical (unpaired) electrons. The number of benzene rings is 1. The third-order valence-corrected chi connectivity index (χ3v) is 3.10. The summed E-state index contributed by atoms with van der Waals surface area (Å²) in [6.45, 7) is 1.18. The summed E-state index contributed by atoms with van der Waals surface area (Å²) in [4.78, 5) is 0. The number of unbranched alkanes of at least 4 members (excludes halogenated alkanes) is 2. The molecule has 0 saturated heterocycles. The van der Waals surface area contributed by atoms with Gasteiger partial charge in [0.15, 0.2) is 0 Å². The molecule has 0 aliphatic carbocycles. The van der Waals surface area contributed by atoms with E-state index in [0.29, 0.717) is 6.61 Å². The first kappa shape index (κ1) is 11.5. The SMILES string of the molecule is OCCCCCc1ccc2c(c1)CCCO2. The minimum Gasteiger partial charge on any atom is -0.493 e. The highest BCUT2D eigenvalue weighted by atomic mass is 16.5. The largest absolute Gasteiger partial charge is 0.493 e. The first-order valence-electron chi connectivity index (χ1n) is 6.25. The summed E-state index contributed by atoms with van der Waals surface area (Å²) in [6, 6.07) is 6.56. The maximum atomic E-state index is 8.71.